The van der Waals surface area contributed by atoms with Crippen LogP contribution in [0.25, 0.3) is 6.08 Å². The molecule has 0 nitrogen and oxygen atoms in total. The van der Waals surface area contributed by atoms with Crippen molar-refractivity contribution < 1.29 is 0 Å². The molecule has 0 amide bonds. The third-order valence-corrected chi connectivity index (χ3v) is 2.39. The van der Waals surface area contributed by atoms with Crippen LogP contribution in [0, 0.1) is 0 Å². The van der Waals surface area contributed by atoms with E-state index in [9.17, 15) is 0 Å². The lowest BCUT2D eigenvalue weighted by Gasteiger charge is -1.94. The molecule has 1 aromatic rings. The Kier molecular flexibility index (Phi) is 3.87. The lowest BCUT2D eigenvalue weighted by molar-refractivity contribution is 1.59. The highest BCUT2D eigenvalue weighted by Crippen LogP contribution is 2.16. The monoisotopic (exact) mass is 274 g/mol. The molecule has 0 saturated heterocycles. The molecular weight excluding hydrogens is 268 g/mol. The first kappa shape index (κ1) is 9.01. The molecule has 0 heterocycles. The van der Waals surface area contributed by atoms with E-state index in [2.05, 4.69) is 50.1 Å². The highest BCUT2D eigenvalue weighted by Gasteiger charge is 1.90. The largest absolute Gasteiger partial charge is 0.0883 e. The van der Waals surface area contributed by atoms with Gasteiger partial charge in [-0.15, -0.1) is 0 Å². The molecule has 0 aliphatic carbocycles. The topological polar surface area (TPSA) is 0 Å². The minimum absolute atomic E-state index is 0.897. The molecule has 11 heavy (non-hydrogen) atoms. The maximum Gasteiger partial charge on any atom is 0.0247 e. The molecule has 0 bridgehead atoms. The highest BCUT2D eigenvalue weighted by atomic mass is 79.9. The molecule has 0 aromatic heterocycles. The molecule has 0 saturated carbocycles. The fourth-order valence-electron chi connectivity index (χ4n) is 0.782. The van der Waals surface area contributed by atoms with Crippen LogP contribution in [0.3, 0.4) is 0 Å². The van der Waals surface area contributed by atoms with Crippen LogP contribution in [0.15, 0.2) is 34.8 Å². The van der Waals surface area contributed by atoms with Crippen molar-refractivity contribution in [1.29, 1.82) is 0 Å². The van der Waals surface area contributed by atoms with Crippen molar-refractivity contribution in [2.24, 2.45) is 0 Å². The van der Waals surface area contributed by atoms with Crippen LogP contribution in [-0.4, -0.2) is 5.33 Å². The van der Waals surface area contributed by atoms with E-state index in [0.717, 1.165) is 9.80 Å². The molecule has 0 unspecified atom stereocenters. The number of benzene rings is 1. The van der Waals surface area contributed by atoms with Gasteiger partial charge < -0.3 is 0 Å². The fraction of sp³-hybridized carbons (Fsp3) is 0.111. The van der Waals surface area contributed by atoms with Gasteiger partial charge >= 0.3 is 0 Å². The van der Waals surface area contributed by atoms with Crippen molar-refractivity contribution in [3.05, 3.63) is 40.4 Å². The summed E-state index contributed by atoms with van der Waals surface area (Å²) in [6, 6.07) is 8.14. The van der Waals surface area contributed by atoms with Crippen LogP contribution in [0.4, 0.5) is 0 Å². The summed E-state index contributed by atoms with van der Waals surface area (Å²) in [5.41, 5.74) is 1.21. The Hall–Kier alpha value is -0.0800. The van der Waals surface area contributed by atoms with Crippen LogP contribution in [0.5, 0.6) is 0 Å². The number of allylic oxidation sites excluding steroid dienone is 1. The van der Waals surface area contributed by atoms with Gasteiger partial charge in [0.15, 0.2) is 0 Å². The molecule has 2 heteroatoms. The first-order valence-electron chi connectivity index (χ1n) is 3.31. The first-order chi connectivity index (χ1) is 5.34. The third-order valence-electron chi connectivity index (χ3n) is 1.29. The van der Waals surface area contributed by atoms with Crippen molar-refractivity contribution in [2.75, 3.05) is 5.33 Å². The Balaban J connectivity index is 2.86. The van der Waals surface area contributed by atoms with E-state index in [1.165, 1.54) is 5.56 Å². The zero-order valence-electron chi connectivity index (χ0n) is 5.93. The van der Waals surface area contributed by atoms with E-state index in [-0.39, 0.29) is 0 Å². The van der Waals surface area contributed by atoms with E-state index in [4.69, 9.17) is 0 Å². The van der Waals surface area contributed by atoms with Crippen molar-refractivity contribution in [3.63, 3.8) is 0 Å². The molecule has 1 aromatic carbocycles. The average molecular weight is 276 g/mol. The normalized spacial score (nSPS) is 10.7. The lowest BCUT2D eigenvalue weighted by atomic mass is 10.2. The predicted molar refractivity (Wildman–Crippen MR) is 57.0 cm³/mol. The van der Waals surface area contributed by atoms with Gasteiger partial charge in [0.05, 0.1) is 0 Å². The predicted octanol–water partition coefficient (Wildman–Crippen LogP) is 3.86. The molecule has 0 atom stereocenters. The Morgan fingerprint density at radius 1 is 1.27 bits per heavy atom. The molecule has 58 valence electrons. The van der Waals surface area contributed by atoms with Crippen molar-refractivity contribution in [1.82, 2.24) is 0 Å². The minimum atomic E-state index is 0.897. The number of hydrogen-bond acceptors (Lipinski definition) is 0. The van der Waals surface area contributed by atoms with Crippen LogP contribution >= 0.6 is 31.9 Å². The first-order valence-corrected chi connectivity index (χ1v) is 5.23. The van der Waals surface area contributed by atoms with Gasteiger partial charge in [-0.1, -0.05) is 62.2 Å². The van der Waals surface area contributed by atoms with Gasteiger partial charge in [-0.25, -0.2) is 0 Å². The SMILES string of the molecule is BrCC=Cc1ccccc1Br. The number of alkyl halides is 1. The van der Waals surface area contributed by atoms with Gasteiger partial charge in [-0.05, 0) is 11.6 Å². The van der Waals surface area contributed by atoms with E-state index >= 15 is 0 Å². The zero-order valence-corrected chi connectivity index (χ0v) is 9.10. The Morgan fingerprint density at radius 2 is 2.00 bits per heavy atom. The zero-order chi connectivity index (χ0) is 8.10. The second-order valence-corrected chi connectivity index (χ2v) is 3.58. The van der Waals surface area contributed by atoms with E-state index in [1.54, 1.807) is 0 Å². The van der Waals surface area contributed by atoms with Crippen LogP contribution in [0.1, 0.15) is 5.56 Å². The number of rotatable bonds is 2. The molecular formula is C9H8Br2. The van der Waals surface area contributed by atoms with Crippen LogP contribution in [-0.2, 0) is 0 Å². The standard InChI is InChI=1S/C9H8Br2/c10-7-3-5-8-4-1-2-6-9(8)11/h1-6H,7H2. The summed E-state index contributed by atoms with van der Waals surface area (Å²) in [6.07, 6.45) is 4.15. The minimum Gasteiger partial charge on any atom is -0.0883 e. The van der Waals surface area contributed by atoms with Gasteiger partial charge in [0.25, 0.3) is 0 Å². The molecule has 0 aliphatic heterocycles. The van der Waals surface area contributed by atoms with Gasteiger partial charge in [0, 0.05) is 9.80 Å². The summed E-state index contributed by atoms with van der Waals surface area (Å²) < 4.78 is 1.14. The summed E-state index contributed by atoms with van der Waals surface area (Å²) in [7, 11) is 0. The van der Waals surface area contributed by atoms with Crippen LogP contribution < -0.4 is 0 Å². The summed E-state index contributed by atoms with van der Waals surface area (Å²) >= 11 is 6.79. The Bertz CT molecular complexity index is 253. The maximum atomic E-state index is 3.46. The van der Waals surface area contributed by atoms with E-state index in [0.29, 0.717) is 0 Å². The molecule has 0 fully saturated rings. The Morgan fingerprint density at radius 3 is 2.64 bits per heavy atom. The van der Waals surface area contributed by atoms with Crippen LogP contribution in [0.2, 0.25) is 0 Å². The number of halogens is 2. The highest BCUT2D eigenvalue weighted by molar-refractivity contribution is 9.10. The molecule has 1 rings (SSSR count). The molecule has 0 spiro atoms. The fourth-order valence-corrected chi connectivity index (χ4v) is 1.39. The average Bonchev–Trinajstić information content (AvgIpc) is 2.03. The lowest BCUT2D eigenvalue weighted by Crippen LogP contribution is -1.72. The molecule has 0 N–H and O–H groups in total. The van der Waals surface area contributed by atoms with Crippen molar-refractivity contribution in [3.8, 4) is 0 Å². The molecule has 0 aliphatic rings. The molecule has 0 radical (unpaired) electrons. The van der Waals surface area contributed by atoms with Crippen molar-refractivity contribution in [2.45, 2.75) is 0 Å². The summed E-state index contributed by atoms with van der Waals surface area (Å²) in [4.78, 5) is 0. The maximum absolute atomic E-state index is 3.46. The second-order valence-electron chi connectivity index (χ2n) is 2.08. The van der Waals surface area contributed by atoms with E-state index in [1.807, 2.05) is 18.2 Å². The summed E-state index contributed by atoms with van der Waals surface area (Å²) in [5, 5.41) is 0.897. The van der Waals surface area contributed by atoms with Gasteiger partial charge in [-0.3, -0.25) is 0 Å². The third kappa shape index (κ3) is 2.80. The summed E-state index contributed by atoms with van der Waals surface area (Å²) in [6.45, 7) is 0. The van der Waals surface area contributed by atoms with Gasteiger partial charge in [-0.2, -0.15) is 0 Å². The van der Waals surface area contributed by atoms with Crippen molar-refractivity contribution >= 4 is 37.9 Å². The van der Waals surface area contributed by atoms with Gasteiger partial charge in [0.2, 0.25) is 0 Å². The Labute approximate surface area is 83.6 Å². The number of hydrogen-bond donors (Lipinski definition) is 0. The van der Waals surface area contributed by atoms with E-state index < -0.39 is 0 Å². The smallest absolute Gasteiger partial charge is 0.0247 e. The quantitative estimate of drug-likeness (QED) is 0.719. The second kappa shape index (κ2) is 4.73. The summed E-state index contributed by atoms with van der Waals surface area (Å²) in [5.74, 6) is 0. The van der Waals surface area contributed by atoms with Gasteiger partial charge in [0.1, 0.15) is 0 Å².